The number of carboxylic acids is 1. The highest BCUT2D eigenvalue weighted by atomic mass is 35.5. The molecule has 3 aromatic rings. The molecule has 1 N–H and O–H groups in total. The third kappa shape index (κ3) is 4.47. The number of aromatic carboxylic acids is 1. The Kier molecular flexibility index (Phi) is 6.47. The molecule has 0 saturated carbocycles. The number of carbonyl (C=O) groups is 1. The van der Waals surface area contributed by atoms with Crippen LogP contribution in [0.3, 0.4) is 0 Å². The number of halogens is 3. The summed E-state index contributed by atoms with van der Waals surface area (Å²) in [4.78, 5) is 28.5. The van der Waals surface area contributed by atoms with Gasteiger partial charge >= 0.3 is 5.97 Å². The van der Waals surface area contributed by atoms with Gasteiger partial charge in [-0.05, 0) is 31.2 Å². The lowest BCUT2D eigenvalue weighted by atomic mass is 10.0. The quantitative estimate of drug-likeness (QED) is 0.596. The Morgan fingerprint density at radius 2 is 2.03 bits per heavy atom. The fraction of sp³-hybridized carbons (Fsp3) is 0.182. The average molecular weight is 444 g/mol. The maximum Gasteiger partial charge on any atom is 0.341 e. The van der Waals surface area contributed by atoms with Gasteiger partial charge in [0.25, 0.3) is 6.43 Å². The summed E-state index contributed by atoms with van der Waals surface area (Å²) < 4.78 is 27.6. The van der Waals surface area contributed by atoms with Gasteiger partial charge in [-0.25, -0.2) is 13.6 Å². The third-order valence-electron chi connectivity index (χ3n) is 4.70. The fourth-order valence-corrected chi connectivity index (χ4v) is 3.59. The number of hydrogen-bond acceptors (Lipinski definition) is 4. The number of rotatable bonds is 6. The average Bonchev–Trinajstić information content (AvgIpc) is 2.73. The van der Waals surface area contributed by atoms with Crippen molar-refractivity contribution in [3.8, 4) is 17.3 Å². The molecule has 158 valence electrons. The summed E-state index contributed by atoms with van der Waals surface area (Å²) in [6.07, 6.45) is -2.69. The van der Waals surface area contributed by atoms with Crippen molar-refractivity contribution < 1.29 is 18.7 Å². The topological polar surface area (TPSA) is 96.0 Å². The zero-order valence-corrected chi connectivity index (χ0v) is 17.0. The van der Waals surface area contributed by atoms with E-state index in [0.29, 0.717) is 17.0 Å². The van der Waals surface area contributed by atoms with E-state index in [9.17, 15) is 23.5 Å². The van der Waals surface area contributed by atoms with Gasteiger partial charge in [-0.3, -0.25) is 9.78 Å². The number of pyridine rings is 2. The first-order chi connectivity index (χ1) is 14.8. The van der Waals surface area contributed by atoms with Crippen LogP contribution in [0.4, 0.5) is 8.78 Å². The second kappa shape index (κ2) is 9.06. The fourth-order valence-electron chi connectivity index (χ4n) is 3.37. The summed E-state index contributed by atoms with van der Waals surface area (Å²) in [5.41, 5.74) is -0.169. The van der Waals surface area contributed by atoms with Gasteiger partial charge in [0.2, 0.25) is 0 Å². The molecule has 0 atom stereocenters. The molecule has 6 nitrogen and oxygen atoms in total. The van der Waals surface area contributed by atoms with Crippen LogP contribution in [0, 0.1) is 11.3 Å². The Bertz CT molecular complexity index is 1270. The minimum Gasteiger partial charge on any atom is -0.477 e. The van der Waals surface area contributed by atoms with Crippen molar-refractivity contribution in [3.05, 3.63) is 85.9 Å². The van der Waals surface area contributed by atoms with E-state index in [2.05, 4.69) is 4.98 Å². The van der Waals surface area contributed by atoms with Gasteiger partial charge < -0.3 is 9.67 Å². The number of aromatic nitrogens is 2. The number of alkyl halides is 2. The van der Waals surface area contributed by atoms with Crippen molar-refractivity contribution in [2.24, 2.45) is 0 Å². The van der Waals surface area contributed by atoms with Crippen LogP contribution in [0.2, 0.25) is 5.02 Å². The molecular formula is C22H16ClF2N3O3. The summed E-state index contributed by atoms with van der Waals surface area (Å²) in [6.45, 7) is 2.05. The molecule has 0 aliphatic carbocycles. The normalized spacial score (nSPS) is 10.8. The van der Waals surface area contributed by atoms with Gasteiger partial charge in [-0.1, -0.05) is 23.7 Å². The van der Waals surface area contributed by atoms with Gasteiger partial charge in [0, 0.05) is 36.0 Å². The van der Waals surface area contributed by atoms with Crippen molar-refractivity contribution in [2.45, 2.75) is 26.3 Å². The Morgan fingerprint density at radius 1 is 1.29 bits per heavy atom. The van der Waals surface area contributed by atoms with E-state index in [1.807, 2.05) is 6.07 Å². The zero-order chi connectivity index (χ0) is 22.7. The van der Waals surface area contributed by atoms with Crippen LogP contribution >= 0.6 is 11.6 Å². The molecule has 31 heavy (non-hydrogen) atoms. The third-order valence-corrected chi connectivity index (χ3v) is 5.02. The number of carboxylic acid groups (broad SMARTS) is 1. The van der Waals surface area contributed by atoms with Crippen molar-refractivity contribution >= 4 is 17.6 Å². The van der Waals surface area contributed by atoms with Crippen LogP contribution in [-0.2, 0) is 13.0 Å². The first kappa shape index (κ1) is 22.1. The van der Waals surface area contributed by atoms with Crippen LogP contribution in [0.5, 0.6) is 0 Å². The SMILES string of the molecule is CCn1c(Cc2cccc(C(F)F)n2)cc(=O)c(C(=O)O)c1-c1ccc(C#N)c(Cl)c1. The van der Waals surface area contributed by atoms with Crippen LogP contribution in [-0.4, -0.2) is 20.6 Å². The maximum atomic E-state index is 13.0. The molecule has 2 aromatic heterocycles. The predicted octanol–water partition coefficient (Wildman–Crippen LogP) is 4.68. The summed E-state index contributed by atoms with van der Waals surface area (Å²) in [6, 6.07) is 11.7. The predicted molar refractivity (Wildman–Crippen MR) is 110 cm³/mol. The molecule has 0 aliphatic heterocycles. The second-order valence-corrected chi connectivity index (χ2v) is 7.02. The van der Waals surface area contributed by atoms with Gasteiger partial charge in [0.05, 0.1) is 16.3 Å². The smallest absolute Gasteiger partial charge is 0.341 e. The lowest BCUT2D eigenvalue weighted by Gasteiger charge is -2.20. The molecule has 0 bridgehead atoms. The van der Waals surface area contributed by atoms with E-state index in [0.717, 1.165) is 0 Å². The van der Waals surface area contributed by atoms with Gasteiger partial charge in [-0.2, -0.15) is 5.26 Å². The highest BCUT2D eigenvalue weighted by molar-refractivity contribution is 6.32. The lowest BCUT2D eigenvalue weighted by Crippen LogP contribution is -2.23. The minimum absolute atomic E-state index is 0.0422. The molecule has 9 heteroatoms. The summed E-state index contributed by atoms with van der Waals surface area (Å²) in [5, 5.41) is 18.9. The molecule has 0 fully saturated rings. The standard InChI is InChI=1S/C22H16ClF2N3O3/c1-2-28-15(9-14-4-3-5-17(27-14)21(24)25)10-18(29)19(22(30)31)20(28)12-6-7-13(11-26)16(23)8-12/h3-8,10,21H,2,9H2,1H3,(H,30,31). The zero-order valence-electron chi connectivity index (χ0n) is 16.3. The molecule has 3 rings (SSSR count). The molecule has 0 spiro atoms. The summed E-state index contributed by atoms with van der Waals surface area (Å²) in [5.74, 6) is -1.41. The van der Waals surface area contributed by atoms with Gasteiger partial charge in [0.1, 0.15) is 17.3 Å². The van der Waals surface area contributed by atoms with E-state index < -0.39 is 23.4 Å². The molecule has 1 aromatic carbocycles. The van der Waals surface area contributed by atoms with E-state index in [1.54, 1.807) is 17.6 Å². The van der Waals surface area contributed by atoms with E-state index >= 15 is 0 Å². The Labute approximate surface area is 181 Å². The van der Waals surface area contributed by atoms with Crippen LogP contribution in [0.1, 0.15) is 46.4 Å². The molecule has 0 radical (unpaired) electrons. The monoisotopic (exact) mass is 443 g/mol. The Morgan fingerprint density at radius 3 is 2.61 bits per heavy atom. The molecular weight excluding hydrogens is 428 g/mol. The Hall–Kier alpha value is -3.57. The van der Waals surface area contributed by atoms with Crippen LogP contribution < -0.4 is 5.43 Å². The largest absolute Gasteiger partial charge is 0.477 e. The number of nitriles is 1. The summed E-state index contributed by atoms with van der Waals surface area (Å²) in [7, 11) is 0. The molecule has 0 aliphatic rings. The van der Waals surface area contributed by atoms with Crippen molar-refractivity contribution in [3.63, 3.8) is 0 Å². The first-order valence-corrected chi connectivity index (χ1v) is 9.58. The van der Waals surface area contributed by atoms with E-state index in [4.69, 9.17) is 16.9 Å². The maximum absolute atomic E-state index is 13.0. The van der Waals surface area contributed by atoms with E-state index in [-0.39, 0.29) is 34.9 Å². The van der Waals surface area contributed by atoms with Crippen LogP contribution in [0.15, 0.2) is 47.3 Å². The minimum atomic E-state index is -2.74. The molecule has 0 saturated heterocycles. The number of hydrogen-bond donors (Lipinski definition) is 1. The van der Waals surface area contributed by atoms with E-state index in [1.165, 1.54) is 36.4 Å². The van der Waals surface area contributed by atoms with Gasteiger partial charge in [-0.15, -0.1) is 0 Å². The highest BCUT2D eigenvalue weighted by Gasteiger charge is 2.23. The summed E-state index contributed by atoms with van der Waals surface area (Å²) >= 11 is 6.12. The number of nitrogens with zero attached hydrogens (tertiary/aromatic N) is 3. The van der Waals surface area contributed by atoms with Gasteiger partial charge in [0.15, 0.2) is 5.43 Å². The first-order valence-electron chi connectivity index (χ1n) is 9.20. The molecule has 0 unspecified atom stereocenters. The molecule has 0 amide bonds. The van der Waals surface area contributed by atoms with Crippen LogP contribution in [0.25, 0.3) is 11.3 Å². The lowest BCUT2D eigenvalue weighted by molar-refractivity contribution is 0.0695. The van der Waals surface area contributed by atoms with Crippen molar-refractivity contribution in [1.29, 1.82) is 5.26 Å². The van der Waals surface area contributed by atoms with Crippen molar-refractivity contribution in [2.75, 3.05) is 0 Å². The number of benzene rings is 1. The van der Waals surface area contributed by atoms with Crippen molar-refractivity contribution in [1.82, 2.24) is 9.55 Å². The molecule has 2 heterocycles. The Balaban J connectivity index is 2.25. The second-order valence-electron chi connectivity index (χ2n) is 6.61. The highest BCUT2D eigenvalue weighted by Crippen LogP contribution is 2.29.